The Morgan fingerprint density at radius 2 is 1.74 bits per heavy atom. The van der Waals surface area contributed by atoms with E-state index in [0.717, 1.165) is 32.8 Å². The molecule has 2 rings (SSSR count). The molecule has 0 radical (unpaired) electrons. The Labute approximate surface area is 145 Å². The highest BCUT2D eigenvalue weighted by molar-refractivity contribution is 6.35. The van der Waals surface area contributed by atoms with Crippen LogP contribution in [0.5, 0.6) is 0 Å². The van der Waals surface area contributed by atoms with Gasteiger partial charge in [-0.2, -0.15) is 0 Å². The van der Waals surface area contributed by atoms with E-state index in [1.807, 2.05) is 0 Å². The number of nitrogens with one attached hydrogen (secondary N) is 2. The van der Waals surface area contributed by atoms with Gasteiger partial charge in [0.25, 0.3) is 0 Å². The fourth-order valence-electron chi connectivity index (χ4n) is 2.22. The number of hydrogen-bond acceptors (Lipinski definition) is 4. The van der Waals surface area contributed by atoms with Crippen LogP contribution in [0.1, 0.15) is 6.42 Å². The minimum absolute atomic E-state index is 0.243. The summed E-state index contributed by atoms with van der Waals surface area (Å²) in [7, 11) is 0. The van der Waals surface area contributed by atoms with E-state index in [1.165, 1.54) is 0 Å². The van der Waals surface area contributed by atoms with Gasteiger partial charge < -0.3 is 15.4 Å². The third-order valence-corrected chi connectivity index (χ3v) is 3.76. The molecule has 1 heterocycles. The van der Waals surface area contributed by atoms with E-state index in [9.17, 15) is 9.59 Å². The van der Waals surface area contributed by atoms with Gasteiger partial charge in [-0.3, -0.25) is 14.5 Å². The highest BCUT2D eigenvalue weighted by atomic mass is 35.5. The van der Waals surface area contributed by atoms with Gasteiger partial charge in [-0.1, -0.05) is 23.2 Å². The molecule has 126 valence electrons. The standard InChI is InChI=1S/C15H19Cl2N3O3/c16-11-7-12(17)9-13(8-11)19-15(22)10-14(21)18-1-2-20-3-5-23-6-4-20/h7-9H,1-6,10H2,(H,18,21)(H,19,22). The predicted octanol–water partition coefficient (Wildman–Crippen LogP) is 1.77. The van der Waals surface area contributed by atoms with Crippen LogP contribution in [0.15, 0.2) is 18.2 Å². The molecule has 0 bridgehead atoms. The van der Waals surface area contributed by atoms with Crippen molar-refractivity contribution in [3.63, 3.8) is 0 Å². The average molecular weight is 360 g/mol. The first-order valence-corrected chi connectivity index (χ1v) is 8.11. The number of anilines is 1. The van der Waals surface area contributed by atoms with Gasteiger partial charge in [0.1, 0.15) is 6.42 Å². The molecule has 0 unspecified atom stereocenters. The lowest BCUT2D eigenvalue weighted by Gasteiger charge is -2.26. The zero-order valence-electron chi connectivity index (χ0n) is 12.6. The molecular formula is C15H19Cl2N3O3. The minimum atomic E-state index is -0.410. The molecule has 1 fully saturated rings. The second-order valence-electron chi connectivity index (χ2n) is 5.19. The van der Waals surface area contributed by atoms with Crippen LogP contribution in [-0.2, 0) is 14.3 Å². The third-order valence-electron chi connectivity index (χ3n) is 3.32. The third kappa shape index (κ3) is 6.74. The zero-order valence-corrected chi connectivity index (χ0v) is 14.1. The van der Waals surface area contributed by atoms with E-state index >= 15 is 0 Å². The highest BCUT2D eigenvalue weighted by Crippen LogP contribution is 2.22. The first-order valence-electron chi connectivity index (χ1n) is 7.35. The summed E-state index contributed by atoms with van der Waals surface area (Å²) in [6.45, 7) is 4.44. The normalized spacial score (nSPS) is 15.2. The maximum Gasteiger partial charge on any atom is 0.233 e. The summed E-state index contributed by atoms with van der Waals surface area (Å²) >= 11 is 11.7. The van der Waals surface area contributed by atoms with Crippen molar-refractivity contribution in [3.8, 4) is 0 Å². The zero-order chi connectivity index (χ0) is 16.7. The number of morpholine rings is 1. The van der Waals surface area contributed by atoms with Gasteiger partial charge in [0.2, 0.25) is 11.8 Å². The summed E-state index contributed by atoms with van der Waals surface area (Å²) in [6.07, 6.45) is -0.243. The fraction of sp³-hybridized carbons (Fsp3) is 0.467. The van der Waals surface area contributed by atoms with Crippen LogP contribution in [0.2, 0.25) is 10.0 Å². The van der Waals surface area contributed by atoms with Crippen LogP contribution >= 0.6 is 23.2 Å². The second kappa shape index (κ2) is 9.08. The molecule has 0 saturated carbocycles. The molecular weight excluding hydrogens is 341 g/mol. The van der Waals surface area contributed by atoms with Crippen molar-refractivity contribution in [2.75, 3.05) is 44.7 Å². The highest BCUT2D eigenvalue weighted by Gasteiger charge is 2.12. The number of carbonyl (C=O) groups is 2. The fourth-order valence-corrected chi connectivity index (χ4v) is 2.74. The number of nitrogens with zero attached hydrogens (tertiary/aromatic N) is 1. The molecule has 1 aliphatic heterocycles. The van der Waals surface area contributed by atoms with E-state index < -0.39 is 5.91 Å². The van der Waals surface area contributed by atoms with Crippen molar-refractivity contribution in [1.82, 2.24) is 10.2 Å². The lowest BCUT2D eigenvalue weighted by atomic mass is 10.3. The summed E-state index contributed by atoms with van der Waals surface area (Å²) in [5.41, 5.74) is 0.466. The number of carbonyl (C=O) groups excluding carboxylic acids is 2. The van der Waals surface area contributed by atoms with Gasteiger partial charge in [-0.05, 0) is 18.2 Å². The summed E-state index contributed by atoms with van der Waals surface area (Å²) < 4.78 is 5.25. The first-order chi connectivity index (χ1) is 11.0. The molecule has 8 heteroatoms. The average Bonchev–Trinajstić information content (AvgIpc) is 2.47. The SMILES string of the molecule is O=C(CC(=O)Nc1cc(Cl)cc(Cl)c1)NCCN1CCOCC1. The smallest absolute Gasteiger partial charge is 0.233 e. The molecule has 2 amide bonds. The number of ether oxygens (including phenoxy) is 1. The van der Waals surface area contributed by atoms with Crippen molar-refractivity contribution >= 4 is 40.7 Å². The summed E-state index contributed by atoms with van der Waals surface area (Å²) in [5.74, 6) is -0.726. The Morgan fingerprint density at radius 3 is 2.39 bits per heavy atom. The number of halogens is 2. The molecule has 0 atom stereocenters. The van der Waals surface area contributed by atoms with Crippen molar-refractivity contribution in [1.29, 1.82) is 0 Å². The number of amides is 2. The van der Waals surface area contributed by atoms with Crippen LogP contribution in [0, 0.1) is 0 Å². The van der Waals surface area contributed by atoms with Gasteiger partial charge in [-0.25, -0.2) is 0 Å². The second-order valence-corrected chi connectivity index (χ2v) is 6.06. The topological polar surface area (TPSA) is 70.7 Å². The Balaban J connectivity index is 1.68. The Morgan fingerprint density at radius 1 is 1.09 bits per heavy atom. The van der Waals surface area contributed by atoms with Gasteiger partial charge in [0.15, 0.2) is 0 Å². The van der Waals surface area contributed by atoms with Gasteiger partial charge in [0.05, 0.1) is 13.2 Å². The number of hydrogen-bond donors (Lipinski definition) is 2. The molecule has 1 aromatic rings. The lowest BCUT2D eigenvalue weighted by Crippen LogP contribution is -2.41. The monoisotopic (exact) mass is 359 g/mol. The molecule has 0 aromatic heterocycles. The molecule has 0 spiro atoms. The van der Waals surface area contributed by atoms with E-state index in [2.05, 4.69) is 15.5 Å². The van der Waals surface area contributed by atoms with Crippen molar-refractivity contribution in [2.45, 2.75) is 6.42 Å². The molecule has 23 heavy (non-hydrogen) atoms. The van der Waals surface area contributed by atoms with Crippen molar-refractivity contribution < 1.29 is 14.3 Å². The lowest BCUT2D eigenvalue weighted by molar-refractivity contribution is -0.126. The Kier molecular flexibility index (Phi) is 7.11. The Bertz CT molecular complexity index is 543. The minimum Gasteiger partial charge on any atom is -0.379 e. The van der Waals surface area contributed by atoms with E-state index in [-0.39, 0.29) is 12.3 Å². The van der Waals surface area contributed by atoms with Gasteiger partial charge in [-0.15, -0.1) is 0 Å². The first kappa shape index (κ1) is 18.0. The molecule has 1 aliphatic rings. The molecule has 1 saturated heterocycles. The van der Waals surface area contributed by atoms with E-state index in [1.54, 1.807) is 18.2 Å². The number of benzene rings is 1. The van der Waals surface area contributed by atoms with Gasteiger partial charge in [0, 0.05) is 41.9 Å². The van der Waals surface area contributed by atoms with Crippen molar-refractivity contribution in [3.05, 3.63) is 28.2 Å². The summed E-state index contributed by atoms with van der Waals surface area (Å²) in [6, 6.07) is 4.71. The molecule has 2 N–H and O–H groups in total. The Hall–Kier alpha value is -1.34. The molecule has 1 aromatic carbocycles. The summed E-state index contributed by atoms with van der Waals surface area (Å²) in [4.78, 5) is 25.8. The molecule has 6 nitrogen and oxygen atoms in total. The van der Waals surface area contributed by atoms with Crippen LogP contribution < -0.4 is 10.6 Å². The maximum absolute atomic E-state index is 11.8. The van der Waals surface area contributed by atoms with Crippen LogP contribution in [-0.4, -0.2) is 56.1 Å². The van der Waals surface area contributed by atoms with E-state index in [0.29, 0.717) is 22.3 Å². The van der Waals surface area contributed by atoms with Crippen LogP contribution in [0.25, 0.3) is 0 Å². The number of rotatable bonds is 6. The van der Waals surface area contributed by atoms with Crippen LogP contribution in [0.4, 0.5) is 5.69 Å². The largest absolute Gasteiger partial charge is 0.379 e. The van der Waals surface area contributed by atoms with Crippen LogP contribution in [0.3, 0.4) is 0 Å². The molecule has 0 aliphatic carbocycles. The summed E-state index contributed by atoms with van der Waals surface area (Å²) in [5, 5.41) is 6.17. The maximum atomic E-state index is 11.8. The predicted molar refractivity (Wildman–Crippen MR) is 90.0 cm³/mol. The van der Waals surface area contributed by atoms with Gasteiger partial charge >= 0.3 is 0 Å². The van der Waals surface area contributed by atoms with E-state index in [4.69, 9.17) is 27.9 Å². The van der Waals surface area contributed by atoms with Crippen molar-refractivity contribution in [2.24, 2.45) is 0 Å². The quantitative estimate of drug-likeness (QED) is 0.759.